The zero-order chi connectivity index (χ0) is 5.98. The Kier molecular flexibility index (Phi) is 4.27. The maximum absolute atomic E-state index is 10.0. The van der Waals surface area contributed by atoms with E-state index >= 15 is 0 Å². The number of rotatable bonds is 1. The summed E-state index contributed by atoms with van der Waals surface area (Å²) >= 11 is 1.18. The third kappa shape index (κ3) is 2.56. The smallest absolute Gasteiger partial charge is 0.238 e. The number of carbonyl (C=O) groups is 1. The molecular formula is C5H3O2SY-. The van der Waals surface area contributed by atoms with Crippen LogP contribution in [0.15, 0.2) is 11.4 Å². The first-order chi connectivity index (χ1) is 3.80. The largest absolute Gasteiger partial charge is 0.534 e. The molecule has 45 valence electrons. The van der Waals surface area contributed by atoms with Gasteiger partial charge in [-0.3, -0.25) is 0 Å². The fraction of sp³-hybridized carbons (Fsp3) is 0. The Morgan fingerprint density at radius 2 is 2.44 bits per heavy atom. The van der Waals surface area contributed by atoms with E-state index in [4.69, 9.17) is 5.11 Å². The fourth-order valence-corrected chi connectivity index (χ4v) is 0.867. The van der Waals surface area contributed by atoms with E-state index in [2.05, 4.69) is 6.07 Å². The second kappa shape index (κ2) is 4.15. The van der Waals surface area contributed by atoms with Crippen LogP contribution >= 0.6 is 11.3 Å². The first-order valence-electron chi connectivity index (χ1n) is 1.99. The van der Waals surface area contributed by atoms with Crippen molar-refractivity contribution in [2.45, 2.75) is 0 Å². The van der Waals surface area contributed by atoms with Crippen LogP contribution in [0, 0.1) is 6.07 Å². The molecule has 0 saturated heterocycles. The summed E-state index contributed by atoms with van der Waals surface area (Å²) in [6.45, 7) is 0. The van der Waals surface area contributed by atoms with Crippen LogP contribution in [0.25, 0.3) is 0 Å². The van der Waals surface area contributed by atoms with Gasteiger partial charge in [-0.15, -0.1) is 5.38 Å². The molecule has 1 N–H and O–H groups in total. The molecular weight excluding hydrogens is 213 g/mol. The number of hydrogen-bond donors (Lipinski definition) is 1. The average Bonchev–Trinajstić information content (AvgIpc) is 2.12. The van der Waals surface area contributed by atoms with Gasteiger partial charge in [0.1, 0.15) is 0 Å². The van der Waals surface area contributed by atoms with Crippen molar-refractivity contribution in [2.24, 2.45) is 0 Å². The summed E-state index contributed by atoms with van der Waals surface area (Å²) in [5.74, 6) is -0.903. The molecule has 1 aromatic rings. The van der Waals surface area contributed by atoms with Gasteiger partial charge in [0, 0.05) is 32.7 Å². The van der Waals surface area contributed by atoms with Crippen LogP contribution in [-0.2, 0) is 32.7 Å². The van der Waals surface area contributed by atoms with Crippen molar-refractivity contribution in [1.29, 1.82) is 0 Å². The minimum atomic E-state index is -0.903. The van der Waals surface area contributed by atoms with Crippen LogP contribution in [-0.4, -0.2) is 11.1 Å². The summed E-state index contributed by atoms with van der Waals surface area (Å²) in [6.07, 6.45) is 0. The monoisotopic (exact) mass is 216 g/mol. The van der Waals surface area contributed by atoms with Crippen LogP contribution in [0.5, 0.6) is 0 Å². The summed E-state index contributed by atoms with van der Waals surface area (Å²) < 4.78 is 0. The van der Waals surface area contributed by atoms with Gasteiger partial charge in [-0.25, -0.2) is 11.3 Å². The van der Waals surface area contributed by atoms with Gasteiger partial charge >= 0.3 is 0 Å². The van der Waals surface area contributed by atoms with E-state index in [0.717, 1.165) is 0 Å². The second-order valence-electron chi connectivity index (χ2n) is 1.20. The van der Waals surface area contributed by atoms with E-state index in [1.165, 1.54) is 11.3 Å². The van der Waals surface area contributed by atoms with E-state index in [9.17, 15) is 4.79 Å². The molecule has 1 aromatic heterocycles. The molecule has 2 nitrogen and oxygen atoms in total. The van der Waals surface area contributed by atoms with Crippen LogP contribution < -0.4 is 0 Å². The molecule has 1 radical (unpaired) electrons. The molecule has 0 amide bonds. The molecule has 0 aliphatic rings. The number of carboxylic acids is 1. The SMILES string of the molecule is O=C(O)c1[c-]ccs1.[Y]. The second-order valence-corrected chi connectivity index (χ2v) is 2.12. The molecule has 0 fully saturated rings. The fourth-order valence-electron chi connectivity index (χ4n) is 0.358. The van der Waals surface area contributed by atoms with Crippen molar-refractivity contribution in [3.05, 3.63) is 22.4 Å². The molecule has 0 aromatic carbocycles. The van der Waals surface area contributed by atoms with Crippen molar-refractivity contribution >= 4 is 17.3 Å². The zero-order valence-electron chi connectivity index (χ0n) is 4.50. The van der Waals surface area contributed by atoms with Crippen LogP contribution in [0.1, 0.15) is 9.67 Å². The standard InChI is InChI=1S/C5H3O2S.Y/c6-5(7)4-2-1-3-8-4;/h1,3H,(H,6,7);/q-1;. The number of carboxylic acid groups (broad SMARTS) is 1. The normalized spacial score (nSPS) is 8.00. The molecule has 0 atom stereocenters. The molecule has 4 heteroatoms. The van der Waals surface area contributed by atoms with E-state index < -0.39 is 5.97 Å². The number of aromatic carboxylic acids is 1. The Morgan fingerprint density at radius 1 is 1.78 bits per heavy atom. The third-order valence-electron chi connectivity index (χ3n) is 0.663. The molecule has 0 spiro atoms. The van der Waals surface area contributed by atoms with Crippen LogP contribution in [0.4, 0.5) is 0 Å². The van der Waals surface area contributed by atoms with E-state index in [1.807, 2.05) is 0 Å². The summed E-state index contributed by atoms with van der Waals surface area (Å²) in [6, 6.07) is 4.15. The average molecular weight is 216 g/mol. The topological polar surface area (TPSA) is 37.3 Å². The van der Waals surface area contributed by atoms with E-state index in [-0.39, 0.29) is 37.6 Å². The quantitative estimate of drug-likeness (QED) is 0.717. The minimum Gasteiger partial charge on any atom is -0.534 e. The predicted molar refractivity (Wildman–Crippen MR) is 30.1 cm³/mol. The van der Waals surface area contributed by atoms with Crippen molar-refractivity contribution in [2.75, 3.05) is 0 Å². The Balaban J connectivity index is 0.000000640. The predicted octanol–water partition coefficient (Wildman–Crippen LogP) is 1.24. The van der Waals surface area contributed by atoms with Gasteiger partial charge in [0.2, 0.25) is 5.97 Å². The van der Waals surface area contributed by atoms with Gasteiger partial charge in [0.15, 0.2) is 0 Å². The summed E-state index contributed by atoms with van der Waals surface area (Å²) in [4.78, 5) is 10.3. The van der Waals surface area contributed by atoms with Crippen molar-refractivity contribution < 1.29 is 42.6 Å². The maximum atomic E-state index is 10.0. The third-order valence-corrected chi connectivity index (χ3v) is 1.46. The van der Waals surface area contributed by atoms with E-state index in [1.54, 1.807) is 11.4 Å². The van der Waals surface area contributed by atoms with Crippen molar-refractivity contribution in [3.63, 3.8) is 0 Å². The van der Waals surface area contributed by atoms with Crippen LogP contribution in [0.2, 0.25) is 0 Å². The minimum absolute atomic E-state index is 0. The zero-order valence-corrected chi connectivity index (χ0v) is 8.15. The molecule has 0 unspecified atom stereocenters. The van der Waals surface area contributed by atoms with E-state index in [0.29, 0.717) is 0 Å². The van der Waals surface area contributed by atoms with Gasteiger partial charge in [0.05, 0.1) is 0 Å². The molecule has 1 rings (SSSR count). The summed E-state index contributed by atoms with van der Waals surface area (Å²) in [7, 11) is 0. The van der Waals surface area contributed by atoms with Gasteiger partial charge in [0.25, 0.3) is 0 Å². The molecule has 1 heterocycles. The molecule has 0 saturated carbocycles. The summed E-state index contributed by atoms with van der Waals surface area (Å²) in [5, 5.41) is 9.94. The van der Waals surface area contributed by atoms with Gasteiger partial charge in [-0.05, 0) is 4.88 Å². The molecule has 0 aliphatic heterocycles. The maximum Gasteiger partial charge on any atom is 0.238 e. The molecule has 0 aliphatic carbocycles. The first kappa shape index (κ1) is 9.27. The van der Waals surface area contributed by atoms with Crippen LogP contribution in [0.3, 0.4) is 0 Å². The van der Waals surface area contributed by atoms with Gasteiger partial charge in [-0.2, -0.15) is 12.1 Å². The van der Waals surface area contributed by atoms with Gasteiger partial charge < -0.3 is 9.90 Å². The summed E-state index contributed by atoms with van der Waals surface area (Å²) in [5.41, 5.74) is 0. The Labute approximate surface area is 81.8 Å². The first-order valence-corrected chi connectivity index (χ1v) is 2.87. The Hall–Kier alpha value is 0.274. The van der Waals surface area contributed by atoms with Crippen molar-refractivity contribution in [3.8, 4) is 0 Å². The number of hydrogen-bond acceptors (Lipinski definition) is 2. The number of thiophene rings is 1. The Morgan fingerprint density at radius 3 is 2.67 bits per heavy atom. The molecule has 9 heavy (non-hydrogen) atoms. The Bertz CT molecular complexity index is 183. The molecule has 0 bridgehead atoms. The van der Waals surface area contributed by atoms with Gasteiger partial charge in [-0.1, -0.05) is 0 Å². The van der Waals surface area contributed by atoms with Crippen molar-refractivity contribution in [1.82, 2.24) is 0 Å².